The molecular weight excluding hydrogens is 391 g/mol. The molecule has 0 N–H and O–H groups in total. The van der Waals surface area contributed by atoms with Gasteiger partial charge in [-0.3, -0.25) is 4.79 Å². The molecule has 146 valence electrons. The zero-order valence-corrected chi connectivity index (χ0v) is 15.6. The quantitative estimate of drug-likeness (QED) is 0.508. The molecule has 3 rings (SSSR count). The van der Waals surface area contributed by atoms with Gasteiger partial charge in [-0.05, 0) is 24.6 Å². The molecule has 28 heavy (non-hydrogen) atoms. The second-order valence-electron chi connectivity index (χ2n) is 5.73. The first-order chi connectivity index (χ1) is 13.4. The van der Waals surface area contributed by atoms with Crippen molar-refractivity contribution in [2.45, 2.75) is 19.7 Å². The summed E-state index contributed by atoms with van der Waals surface area (Å²) in [6.45, 7) is 2.04. The Labute approximate surface area is 163 Å². The summed E-state index contributed by atoms with van der Waals surface area (Å²) in [7, 11) is 0. The van der Waals surface area contributed by atoms with Gasteiger partial charge in [0.2, 0.25) is 0 Å². The fourth-order valence-electron chi connectivity index (χ4n) is 2.63. The van der Waals surface area contributed by atoms with Crippen molar-refractivity contribution in [1.82, 2.24) is 4.98 Å². The monoisotopic (exact) mass is 407 g/mol. The van der Waals surface area contributed by atoms with Crippen LogP contribution in [0, 0.1) is 0 Å². The van der Waals surface area contributed by atoms with E-state index in [-0.39, 0.29) is 18.1 Å². The zero-order chi connectivity index (χ0) is 20.1. The molecule has 0 aliphatic heterocycles. The van der Waals surface area contributed by atoms with Gasteiger partial charge in [0.15, 0.2) is 0 Å². The smallest absolute Gasteiger partial charge is 0.466 e. The van der Waals surface area contributed by atoms with E-state index in [2.05, 4.69) is 9.72 Å². The molecule has 0 radical (unpaired) electrons. The van der Waals surface area contributed by atoms with Crippen molar-refractivity contribution in [3.63, 3.8) is 0 Å². The summed E-state index contributed by atoms with van der Waals surface area (Å²) in [5.74, 6) is -0.621. The van der Waals surface area contributed by atoms with Crippen LogP contribution in [0.2, 0.25) is 0 Å². The molecule has 2 aromatic carbocycles. The molecule has 0 saturated carbocycles. The Morgan fingerprint density at radius 2 is 1.86 bits per heavy atom. The fraction of sp³-hybridized carbons (Fsp3) is 0.200. The number of rotatable bonds is 6. The van der Waals surface area contributed by atoms with Gasteiger partial charge in [-0.2, -0.15) is 0 Å². The third-order valence-corrected chi connectivity index (χ3v) is 4.58. The van der Waals surface area contributed by atoms with Gasteiger partial charge >= 0.3 is 12.3 Å². The van der Waals surface area contributed by atoms with Crippen LogP contribution in [0.3, 0.4) is 0 Å². The average molecular weight is 407 g/mol. The number of carbonyl (C=O) groups is 1. The number of hydrogen-bond donors (Lipinski definition) is 0. The standard InChI is InChI=1S/C20H16F3NO3S/c1-2-26-19(25)11-18-24-16(12-28-18)14-7-5-6-13(10-14)15-8-3-4-9-17(15)27-20(21,22)23/h3-10,12H,2,11H2,1H3. The predicted molar refractivity (Wildman–Crippen MR) is 100 cm³/mol. The summed E-state index contributed by atoms with van der Waals surface area (Å²) in [6, 6.07) is 12.9. The molecule has 0 unspecified atom stereocenters. The SMILES string of the molecule is CCOC(=O)Cc1nc(-c2cccc(-c3ccccc3OC(F)(F)F)c2)cs1. The van der Waals surface area contributed by atoms with Crippen molar-refractivity contribution in [3.05, 3.63) is 58.9 Å². The summed E-state index contributed by atoms with van der Waals surface area (Å²) in [4.78, 5) is 16.0. The molecule has 0 atom stereocenters. The Kier molecular flexibility index (Phi) is 5.99. The molecule has 1 aromatic heterocycles. The molecule has 0 spiro atoms. The number of carbonyl (C=O) groups excluding carboxylic acids is 1. The first kappa shape index (κ1) is 19.9. The van der Waals surface area contributed by atoms with Crippen LogP contribution in [-0.2, 0) is 16.0 Å². The number of hydrogen-bond acceptors (Lipinski definition) is 5. The molecule has 0 saturated heterocycles. The highest BCUT2D eigenvalue weighted by Crippen LogP contribution is 2.35. The maximum atomic E-state index is 12.7. The van der Waals surface area contributed by atoms with E-state index in [0.29, 0.717) is 28.4 Å². The van der Waals surface area contributed by atoms with E-state index >= 15 is 0 Å². The zero-order valence-electron chi connectivity index (χ0n) is 14.8. The van der Waals surface area contributed by atoms with Crippen LogP contribution >= 0.6 is 11.3 Å². The lowest BCUT2D eigenvalue weighted by Crippen LogP contribution is -2.17. The number of ether oxygens (including phenoxy) is 2. The minimum absolute atomic E-state index is 0.0838. The van der Waals surface area contributed by atoms with Crippen molar-refractivity contribution < 1.29 is 27.4 Å². The van der Waals surface area contributed by atoms with Crippen LogP contribution < -0.4 is 4.74 Å². The maximum absolute atomic E-state index is 12.7. The van der Waals surface area contributed by atoms with Gasteiger partial charge in [0.25, 0.3) is 0 Å². The van der Waals surface area contributed by atoms with Crippen LogP contribution in [0.5, 0.6) is 5.75 Å². The summed E-state index contributed by atoms with van der Waals surface area (Å²) >= 11 is 1.33. The summed E-state index contributed by atoms with van der Waals surface area (Å²) in [6.07, 6.45) is -4.69. The number of halogens is 3. The highest BCUT2D eigenvalue weighted by atomic mass is 32.1. The Bertz CT molecular complexity index is 969. The summed E-state index contributed by atoms with van der Waals surface area (Å²) in [5, 5.41) is 2.41. The Morgan fingerprint density at radius 1 is 1.11 bits per heavy atom. The molecule has 4 nitrogen and oxygen atoms in total. The van der Waals surface area contributed by atoms with Crippen molar-refractivity contribution in [2.24, 2.45) is 0 Å². The normalized spacial score (nSPS) is 11.3. The van der Waals surface area contributed by atoms with E-state index in [4.69, 9.17) is 4.74 Å². The van der Waals surface area contributed by atoms with Gasteiger partial charge in [-0.1, -0.05) is 36.4 Å². The molecule has 8 heteroatoms. The van der Waals surface area contributed by atoms with Crippen molar-refractivity contribution in [1.29, 1.82) is 0 Å². The number of nitrogens with zero attached hydrogens (tertiary/aromatic N) is 1. The van der Waals surface area contributed by atoms with Crippen LogP contribution in [-0.4, -0.2) is 23.9 Å². The van der Waals surface area contributed by atoms with Crippen molar-refractivity contribution in [2.75, 3.05) is 6.61 Å². The van der Waals surface area contributed by atoms with E-state index in [1.165, 1.54) is 23.5 Å². The van der Waals surface area contributed by atoms with Gasteiger partial charge in [-0.15, -0.1) is 24.5 Å². The van der Waals surface area contributed by atoms with Crippen molar-refractivity contribution in [3.8, 4) is 28.1 Å². The molecule has 1 heterocycles. The minimum atomic E-state index is -4.77. The predicted octanol–water partition coefficient (Wildman–Crippen LogP) is 5.48. The molecule has 0 fully saturated rings. The molecule has 0 aliphatic rings. The molecule has 3 aromatic rings. The third-order valence-electron chi connectivity index (χ3n) is 3.73. The Hall–Kier alpha value is -2.87. The Morgan fingerprint density at radius 3 is 2.61 bits per heavy atom. The lowest BCUT2D eigenvalue weighted by molar-refractivity contribution is -0.274. The first-order valence-corrected chi connectivity index (χ1v) is 9.29. The van der Waals surface area contributed by atoms with E-state index in [1.807, 2.05) is 0 Å². The Balaban J connectivity index is 1.88. The number of esters is 1. The van der Waals surface area contributed by atoms with Crippen LogP contribution in [0.4, 0.5) is 13.2 Å². The number of benzene rings is 2. The lowest BCUT2D eigenvalue weighted by Gasteiger charge is -2.13. The van der Waals surface area contributed by atoms with Crippen LogP contribution in [0.25, 0.3) is 22.4 Å². The van der Waals surface area contributed by atoms with Crippen LogP contribution in [0.15, 0.2) is 53.9 Å². The van der Waals surface area contributed by atoms with Crippen LogP contribution in [0.1, 0.15) is 11.9 Å². The number of thiazole rings is 1. The van der Waals surface area contributed by atoms with Gasteiger partial charge in [-0.25, -0.2) is 4.98 Å². The summed E-state index contributed by atoms with van der Waals surface area (Å²) in [5.41, 5.74) is 2.26. The highest BCUT2D eigenvalue weighted by molar-refractivity contribution is 7.10. The number of alkyl halides is 3. The fourth-order valence-corrected chi connectivity index (χ4v) is 3.41. The van der Waals surface area contributed by atoms with E-state index < -0.39 is 6.36 Å². The minimum Gasteiger partial charge on any atom is -0.466 e. The van der Waals surface area contributed by atoms with Gasteiger partial charge in [0.1, 0.15) is 10.8 Å². The van der Waals surface area contributed by atoms with E-state index in [9.17, 15) is 18.0 Å². The van der Waals surface area contributed by atoms with E-state index in [1.54, 1.807) is 48.7 Å². The average Bonchev–Trinajstić information content (AvgIpc) is 3.09. The maximum Gasteiger partial charge on any atom is 0.573 e. The molecular formula is C20H16F3NO3S. The number of para-hydroxylation sites is 1. The second-order valence-corrected chi connectivity index (χ2v) is 6.68. The van der Waals surface area contributed by atoms with Gasteiger partial charge in [0, 0.05) is 16.5 Å². The molecule has 0 aliphatic carbocycles. The third kappa shape index (κ3) is 5.10. The molecule has 0 amide bonds. The first-order valence-electron chi connectivity index (χ1n) is 8.41. The lowest BCUT2D eigenvalue weighted by atomic mass is 10.0. The number of aromatic nitrogens is 1. The highest BCUT2D eigenvalue weighted by Gasteiger charge is 2.32. The van der Waals surface area contributed by atoms with Crippen molar-refractivity contribution >= 4 is 17.3 Å². The van der Waals surface area contributed by atoms with E-state index in [0.717, 1.165) is 5.56 Å². The van der Waals surface area contributed by atoms with Gasteiger partial charge < -0.3 is 9.47 Å². The molecule has 0 bridgehead atoms. The second kappa shape index (κ2) is 8.43. The van der Waals surface area contributed by atoms with Gasteiger partial charge in [0.05, 0.1) is 18.7 Å². The topological polar surface area (TPSA) is 48.4 Å². The largest absolute Gasteiger partial charge is 0.573 e. The summed E-state index contributed by atoms with van der Waals surface area (Å²) < 4.78 is 47.1.